The first-order valence-electron chi connectivity index (χ1n) is 11.0. The first-order chi connectivity index (χ1) is 16.0. The number of carbonyl (C=O) groups excluding carboxylic acids is 2. The summed E-state index contributed by atoms with van der Waals surface area (Å²) >= 11 is 0. The van der Waals surface area contributed by atoms with E-state index in [1.54, 1.807) is 13.8 Å². The SMILES string of the molecule is COC(=O)C(N=C(c1ccccc1)c1ccccc1)C(CC(=O)OC(C)C)c1ccccc1. The van der Waals surface area contributed by atoms with Crippen LogP contribution in [0.2, 0.25) is 0 Å². The average molecular weight is 444 g/mol. The third-order valence-corrected chi connectivity index (χ3v) is 5.17. The van der Waals surface area contributed by atoms with Crippen molar-refractivity contribution in [2.75, 3.05) is 7.11 Å². The Morgan fingerprint density at radius 1 is 0.788 bits per heavy atom. The molecule has 2 unspecified atom stereocenters. The largest absolute Gasteiger partial charge is 0.467 e. The molecule has 0 saturated heterocycles. The minimum atomic E-state index is -0.937. The van der Waals surface area contributed by atoms with E-state index < -0.39 is 17.9 Å². The van der Waals surface area contributed by atoms with E-state index in [2.05, 4.69) is 0 Å². The second-order valence-corrected chi connectivity index (χ2v) is 7.94. The number of hydrogen-bond donors (Lipinski definition) is 0. The highest BCUT2D eigenvalue weighted by Gasteiger charge is 2.33. The lowest BCUT2D eigenvalue weighted by Gasteiger charge is -2.24. The molecule has 0 N–H and O–H groups in total. The van der Waals surface area contributed by atoms with E-state index >= 15 is 0 Å². The summed E-state index contributed by atoms with van der Waals surface area (Å²) in [5.41, 5.74) is 3.21. The molecule has 2 atom stereocenters. The van der Waals surface area contributed by atoms with Crippen molar-refractivity contribution in [3.05, 3.63) is 108 Å². The van der Waals surface area contributed by atoms with Gasteiger partial charge in [0, 0.05) is 17.0 Å². The van der Waals surface area contributed by atoms with E-state index in [0.717, 1.165) is 16.7 Å². The summed E-state index contributed by atoms with van der Waals surface area (Å²) in [5, 5.41) is 0. The number of ether oxygens (including phenoxy) is 2. The van der Waals surface area contributed by atoms with Gasteiger partial charge in [-0.15, -0.1) is 0 Å². The number of methoxy groups -OCH3 is 1. The Kier molecular flexibility index (Phi) is 8.53. The Morgan fingerprint density at radius 3 is 1.73 bits per heavy atom. The molecule has 0 saturated carbocycles. The summed E-state index contributed by atoms with van der Waals surface area (Å²) in [4.78, 5) is 30.6. The van der Waals surface area contributed by atoms with Crippen LogP contribution in [-0.4, -0.2) is 36.9 Å². The van der Waals surface area contributed by atoms with Crippen molar-refractivity contribution >= 4 is 17.7 Å². The second kappa shape index (κ2) is 11.8. The molecule has 0 aliphatic carbocycles. The highest BCUT2D eigenvalue weighted by atomic mass is 16.5. The molecule has 3 aromatic rings. The quantitative estimate of drug-likeness (QED) is 0.337. The highest BCUT2D eigenvalue weighted by molar-refractivity contribution is 6.13. The smallest absolute Gasteiger partial charge is 0.331 e. The van der Waals surface area contributed by atoms with Gasteiger partial charge < -0.3 is 9.47 Å². The van der Waals surface area contributed by atoms with Crippen LogP contribution in [0.3, 0.4) is 0 Å². The third kappa shape index (κ3) is 6.62. The van der Waals surface area contributed by atoms with Crippen LogP contribution in [0.1, 0.15) is 42.9 Å². The van der Waals surface area contributed by atoms with E-state index in [-0.39, 0.29) is 18.5 Å². The predicted octanol–water partition coefficient (Wildman–Crippen LogP) is 5.19. The minimum absolute atomic E-state index is 0.00230. The molecule has 33 heavy (non-hydrogen) atoms. The van der Waals surface area contributed by atoms with Crippen molar-refractivity contribution in [1.29, 1.82) is 0 Å². The molecule has 5 nitrogen and oxygen atoms in total. The van der Waals surface area contributed by atoms with Crippen molar-refractivity contribution in [2.24, 2.45) is 4.99 Å². The molecule has 0 spiro atoms. The maximum Gasteiger partial charge on any atom is 0.331 e. The van der Waals surface area contributed by atoms with Crippen LogP contribution in [0.4, 0.5) is 0 Å². The van der Waals surface area contributed by atoms with Gasteiger partial charge in [-0.25, -0.2) is 4.79 Å². The van der Waals surface area contributed by atoms with Crippen LogP contribution in [0.25, 0.3) is 0 Å². The zero-order valence-corrected chi connectivity index (χ0v) is 19.2. The molecule has 0 radical (unpaired) electrons. The average Bonchev–Trinajstić information content (AvgIpc) is 2.84. The fourth-order valence-corrected chi connectivity index (χ4v) is 3.68. The third-order valence-electron chi connectivity index (χ3n) is 5.17. The summed E-state index contributed by atoms with van der Waals surface area (Å²) in [6, 6.07) is 27.9. The fourth-order valence-electron chi connectivity index (χ4n) is 3.68. The van der Waals surface area contributed by atoms with E-state index in [1.165, 1.54) is 7.11 Å². The van der Waals surface area contributed by atoms with E-state index in [4.69, 9.17) is 14.5 Å². The standard InChI is InChI=1S/C28H29NO4/c1-20(2)33-25(30)19-24(21-13-7-4-8-14-21)27(28(31)32-3)29-26(22-15-9-5-10-16-22)23-17-11-6-12-18-23/h4-18,20,24,27H,19H2,1-3H3. The molecule has 0 aliphatic heterocycles. The maximum absolute atomic E-state index is 13.0. The van der Waals surface area contributed by atoms with Crippen LogP contribution in [0.5, 0.6) is 0 Å². The Hall–Kier alpha value is -3.73. The fraction of sp³-hybridized carbons (Fsp3) is 0.250. The van der Waals surface area contributed by atoms with E-state index in [1.807, 2.05) is 91.0 Å². The molecule has 0 fully saturated rings. The van der Waals surface area contributed by atoms with Crippen molar-refractivity contribution < 1.29 is 19.1 Å². The lowest BCUT2D eigenvalue weighted by Crippen LogP contribution is -2.31. The molecule has 5 heteroatoms. The molecule has 0 heterocycles. The Balaban J connectivity index is 2.14. The summed E-state index contributed by atoms with van der Waals surface area (Å²) in [7, 11) is 1.34. The summed E-state index contributed by atoms with van der Waals surface area (Å²) < 4.78 is 10.6. The predicted molar refractivity (Wildman–Crippen MR) is 129 cm³/mol. The van der Waals surface area contributed by atoms with Crippen LogP contribution >= 0.6 is 0 Å². The molecule has 0 bridgehead atoms. The van der Waals surface area contributed by atoms with Gasteiger partial charge in [0.2, 0.25) is 0 Å². The Morgan fingerprint density at radius 2 is 1.27 bits per heavy atom. The van der Waals surface area contributed by atoms with Crippen LogP contribution in [0, 0.1) is 0 Å². The number of hydrogen-bond acceptors (Lipinski definition) is 5. The normalized spacial score (nSPS) is 12.5. The van der Waals surface area contributed by atoms with Crippen molar-refractivity contribution in [1.82, 2.24) is 0 Å². The summed E-state index contributed by atoms with van der Waals surface area (Å²) in [5.74, 6) is -1.44. The van der Waals surface area contributed by atoms with Crippen molar-refractivity contribution in [3.8, 4) is 0 Å². The molecule has 3 rings (SSSR count). The molecule has 3 aromatic carbocycles. The van der Waals surface area contributed by atoms with Gasteiger partial charge in [0.25, 0.3) is 0 Å². The minimum Gasteiger partial charge on any atom is -0.467 e. The molecular weight excluding hydrogens is 414 g/mol. The van der Waals surface area contributed by atoms with Crippen LogP contribution in [0.15, 0.2) is 96.0 Å². The first kappa shape index (κ1) is 23.9. The second-order valence-electron chi connectivity index (χ2n) is 7.94. The van der Waals surface area contributed by atoms with Gasteiger partial charge in [-0.3, -0.25) is 9.79 Å². The lowest BCUT2D eigenvalue weighted by atomic mass is 9.88. The molecular formula is C28H29NO4. The molecule has 0 aromatic heterocycles. The zero-order valence-electron chi connectivity index (χ0n) is 19.2. The van der Waals surface area contributed by atoms with Gasteiger partial charge in [-0.05, 0) is 19.4 Å². The van der Waals surface area contributed by atoms with Crippen LogP contribution < -0.4 is 0 Å². The summed E-state index contributed by atoms with van der Waals surface area (Å²) in [6.07, 6.45) is -0.249. The number of rotatable bonds is 9. The van der Waals surface area contributed by atoms with E-state index in [0.29, 0.717) is 5.71 Å². The van der Waals surface area contributed by atoms with Gasteiger partial charge in [0.1, 0.15) is 0 Å². The van der Waals surface area contributed by atoms with Gasteiger partial charge in [0.05, 0.1) is 25.3 Å². The van der Waals surface area contributed by atoms with Crippen LogP contribution in [-0.2, 0) is 19.1 Å². The Labute approximate surface area is 195 Å². The van der Waals surface area contributed by atoms with Gasteiger partial charge >= 0.3 is 11.9 Å². The Bertz CT molecular complexity index is 1020. The van der Waals surface area contributed by atoms with Crippen molar-refractivity contribution in [3.63, 3.8) is 0 Å². The van der Waals surface area contributed by atoms with E-state index in [9.17, 15) is 9.59 Å². The van der Waals surface area contributed by atoms with Gasteiger partial charge in [-0.1, -0.05) is 91.0 Å². The molecule has 0 aliphatic rings. The molecule has 0 amide bonds. The van der Waals surface area contributed by atoms with Gasteiger partial charge in [-0.2, -0.15) is 0 Å². The summed E-state index contributed by atoms with van der Waals surface area (Å²) in [6.45, 7) is 3.60. The lowest BCUT2D eigenvalue weighted by molar-refractivity contribution is -0.148. The number of aliphatic imine (C=N–C) groups is 1. The monoisotopic (exact) mass is 443 g/mol. The number of esters is 2. The van der Waals surface area contributed by atoms with Crippen molar-refractivity contribution in [2.45, 2.75) is 38.3 Å². The molecule has 170 valence electrons. The number of carbonyl (C=O) groups is 2. The maximum atomic E-state index is 13.0. The topological polar surface area (TPSA) is 65.0 Å². The number of benzene rings is 3. The first-order valence-corrected chi connectivity index (χ1v) is 11.0. The number of nitrogens with zero attached hydrogens (tertiary/aromatic N) is 1. The zero-order chi connectivity index (χ0) is 23.6. The highest BCUT2D eigenvalue weighted by Crippen LogP contribution is 2.29. The van der Waals surface area contributed by atoms with Gasteiger partial charge in [0.15, 0.2) is 6.04 Å².